The molecule has 0 aromatic heterocycles. The third kappa shape index (κ3) is 3.53. The van der Waals surface area contributed by atoms with Gasteiger partial charge in [-0.1, -0.05) is 38.3 Å². The summed E-state index contributed by atoms with van der Waals surface area (Å²) >= 11 is 6.00. The third-order valence-electron chi connectivity index (χ3n) is 4.89. The topological polar surface area (TPSA) is 12.0 Å². The summed E-state index contributed by atoms with van der Waals surface area (Å²) in [5.74, 6) is 0.433. The number of likely N-dealkylation sites (N-methyl/N-ethyl adjacent to an activating group) is 1. The SMILES string of the molecule is CNC(Cc1cc(Cl)ccc1F)C1CCCCC1(C)C. The van der Waals surface area contributed by atoms with E-state index in [2.05, 4.69) is 19.2 Å². The number of benzene rings is 1. The molecule has 0 aliphatic heterocycles. The fourth-order valence-corrected chi connectivity index (χ4v) is 3.84. The molecule has 0 bridgehead atoms. The predicted molar refractivity (Wildman–Crippen MR) is 83.7 cm³/mol. The molecule has 1 nitrogen and oxygen atoms in total. The Kier molecular flexibility index (Phi) is 5.09. The van der Waals surface area contributed by atoms with Gasteiger partial charge in [0.25, 0.3) is 0 Å². The van der Waals surface area contributed by atoms with E-state index in [-0.39, 0.29) is 5.82 Å². The first kappa shape index (κ1) is 15.8. The molecule has 1 aliphatic rings. The molecule has 1 fully saturated rings. The first-order valence-electron chi connectivity index (χ1n) is 7.55. The summed E-state index contributed by atoms with van der Waals surface area (Å²) in [6.07, 6.45) is 5.78. The van der Waals surface area contributed by atoms with Gasteiger partial charge in [0.05, 0.1) is 0 Å². The Hall–Kier alpha value is -0.600. The second kappa shape index (κ2) is 6.44. The molecular formula is C17H25ClFN. The highest BCUT2D eigenvalue weighted by Gasteiger charge is 2.37. The molecule has 2 atom stereocenters. The summed E-state index contributed by atoms with van der Waals surface area (Å²) in [6.45, 7) is 4.69. The van der Waals surface area contributed by atoms with E-state index in [0.717, 1.165) is 5.56 Å². The van der Waals surface area contributed by atoms with Crippen LogP contribution in [0.5, 0.6) is 0 Å². The highest BCUT2D eigenvalue weighted by atomic mass is 35.5. The quantitative estimate of drug-likeness (QED) is 0.839. The number of nitrogens with one attached hydrogen (secondary N) is 1. The molecule has 1 saturated carbocycles. The van der Waals surface area contributed by atoms with Crippen molar-refractivity contribution in [2.75, 3.05) is 7.05 Å². The fraction of sp³-hybridized carbons (Fsp3) is 0.647. The maximum atomic E-state index is 13.9. The lowest BCUT2D eigenvalue weighted by Crippen LogP contribution is -2.44. The van der Waals surface area contributed by atoms with Crippen molar-refractivity contribution >= 4 is 11.6 Å². The van der Waals surface area contributed by atoms with Gasteiger partial charge >= 0.3 is 0 Å². The zero-order valence-electron chi connectivity index (χ0n) is 12.7. The molecule has 20 heavy (non-hydrogen) atoms. The van der Waals surface area contributed by atoms with Crippen LogP contribution in [0.2, 0.25) is 5.02 Å². The molecule has 0 saturated heterocycles. The number of hydrogen-bond donors (Lipinski definition) is 1. The standard InChI is InChI=1S/C17H25ClFN/c1-17(2)9-5-4-6-14(17)16(20-3)11-12-10-13(18)7-8-15(12)19/h7-8,10,14,16,20H,4-6,9,11H2,1-3H3. The van der Waals surface area contributed by atoms with Crippen molar-refractivity contribution in [2.45, 2.75) is 52.0 Å². The second-order valence-corrected chi connectivity index (χ2v) is 7.11. The van der Waals surface area contributed by atoms with Crippen LogP contribution in [-0.2, 0) is 6.42 Å². The minimum Gasteiger partial charge on any atom is -0.316 e. The van der Waals surface area contributed by atoms with Gasteiger partial charge < -0.3 is 5.32 Å². The zero-order valence-corrected chi connectivity index (χ0v) is 13.4. The van der Waals surface area contributed by atoms with Crippen molar-refractivity contribution in [2.24, 2.45) is 11.3 Å². The van der Waals surface area contributed by atoms with Gasteiger partial charge in [-0.25, -0.2) is 4.39 Å². The maximum Gasteiger partial charge on any atom is 0.126 e. The number of rotatable bonds is 4. The summed E-state index contributed by atoms with van der Waals surface area (Å²) in [6, 6.07) is 5.14. The normalized spacial score (nSPS) is 23.6. The Morgan fingerprint density at radius 1 is 1.40 bits per heavy atom. The number of hydrogen-bond acceptors (Lipinski definition) is 1. The van der Waals surface area contributed by atoms with E-state index in [1.165, 1.54) is 31.7 Å². The van der Waals surface area contributed by atoms with E-state index >= 15 is 0 Å². The molecule has 0 spiro atoms. The third-order valence-corrected chi connectivity index (χ3v) is 5.13. The summed E-state index contributed by atoms with van der Waals surface area (Å²) in [4.78, 5) is 0. The molecule has 0 amide bonds. The van der Waals surface area contributed by atoms with Crippen molar-refractivity contribution in [3.8, 4) is 0 Å². The van der Waals surface area contributed by atoms with Gasteiger partial charge in [0.1, 0.15) is 5.82 Å². The largest absolute Gasteiger partial charge is 0.316 e. The molecule has 112 valence electrons. The Labute approximate surface area is 126 Å². The molecule has 0 heterocycles. The zero-order chi connectivity index (χ0) is 14.8. The molecule has 1 N–H and O–H groups in total. The Bertz CT molecular complexity index is 458. The van der Waals surface area contributed by atoms with Crippen molar-refractivity contribution in [3.05, 3.63) is 34.6 Å². The highest BCUT2D eigenvalue weighted by Crippen LogP contribution is 2.43. The van der Waals surface area contributed by atoms with E-state index in [9.17, 15) is 4.39 Å². The van der Waals surface area contributed by atoms with Crippen LogP contribution in [0.1, 0.15) is 45.1 Å². The monoisotopic (exact) mass is 297 g/mol. The molecule has 3 heteroatoms. The second-order valence-electron chi connectivity index (χ2n) is 6.68. The van der Waals surface area contributed by atoms with E-state index in [4.69, 9.17) is 11.6 Å². The molecule has 2 unspecified atom stereocenters. The van der Waals surface area contributed by atoms with Gasteiger partial charge in [0.2, 0.25) is 0 Å². The average Bonchev–Trinajstić information content (AvgIpc) is 2.40. The molecule has 1 aromatic carbocycles. The first-order chi connectivity index (χ1) is 9.44. The predicted octanol–water partition coefficient (Wildman–Crippen LogP) is 4.83. The smallest absolute Gasteiger partial charge is 0.126 e. The summed E-state index contributed by atoms with van der Waals surface area (Å²) in [5.41, 5.74) is 1.04. The van der Waals surface area contributed by atoms with E-state index < -0.39 is 0 Å². The van der Waals surface area contributed by atoms with Crippen LogP contribution in [0.4, 0.5) is 4.39 Å². The van der Waals surface area contributed by atoms with Crippen LogP contribution < -0.4 is 5.32 Å². The van der Waals surface area contributed by atoms with Gasteiger partial charge in [-0.3, -0.25) is 0 Å². The maximum absolute atomic E-state index is 13.9. The van der Waals surface area contributed by atoms with E-state index in [1.54, 1.807) is 12.1 Å². The average molecular weight is 298 g/mol. The Balaban J connectivity index is 2.18. The van der Waals surface area contributed by atoms with Crippen molar-refractivity contribution in [1.29, 1.82) is 0 Å². The Morgan fingerprint density at radius 2 is 2.15 bits per heavy atom. The summed E-state index contributed by atoms with van der Waals surface area (Å²) in [7, 11) is 1.98. The van der Waals surface area contributed by atoms with Gasteiger partial charge in [0, 0.05) is 11.1 Å². The molecule has 0 radical (unpaired) electrons. The van der Waals surface area contributed by atoms with Gasteiger partial charge in [-0.05, 0) is 61.4 Å². The molecular weight excluding hydrogens is 273 g/mol. The van der Waals surface area contributed by atoms with Gasteiger partial charge in [-0.2, -0.15) is 0 Å². The lowest BCUT2D eigenvalue weighted by atomic mass is 9.65. The van der Waals surface area contributed by atoms with Crippen molar-refractivity contribution < 1.29 is 4.39 Å². The van der Waals surface area contributed by atoms with Crippen LogP contribution in [0.15, 0.2) is 18.2 Å². The summed E-state index contributed by atoms with van der Waals surface area (Å²) in [5, 5.41) is 4.02. The van der Waals surface area contributed by atoms with Crippen LogP contribution in [0, 0.1) is 17.2 Å². The van der Waals surface area contributed by atoms with Crippen LogP contribution in [0.3, 0.4) is 0 Å². The summed E-state index contributed by atoms with van der Waals surface area (Å²) < 4.78 is 13.9. The van der Waals surface area contributed by atoms with Crippen LogP contribution >= 0.6 is 11.6 Å². The lowest BCUT2D eigenvalue weighted by Gasteiger charge is -2.43. The van der Waals surface area contributed by atoms with Crippen LogP contribution in [-0.4, -0.2) is 13.1 Å². The minimum absolute atomic E-state index is 0.150. The number of halogens is 2. The minimum atomic E-state index is -0.150. The van der Waals surface area contributed by atoms with E-state index in [1.807, 2.05) is 7.05 Å². The van der Waals surface area contributed by atoms with E-state index in [0.29, 0.717) is 28.8 Å². The fourth-order valence-electron chi connectivity index (χ4n) is 3.65. The van der Waals surface area contributed by atoms with Crippen molar-refractivity contribution in [3.63, 3.8) is 0 Å². The highest BCUT2D eigenvalue weighted by molar-refractivity contribution is 6.30. The van der Waals surface area contributed by atoms with Gasteiger partial charge in [0.15, 0.2) is 0 Å². The molecule has 1 aromatic rings. The van der Waals surface area contributed by atoms with Crippen molar-refractivity contribution in [1.82, 2.24) is 5.32 Å². The first-order valence-corrected chi connectivity index (χ1v) is 7.93. The van der Waals surface area contributed by atoms with Gasteiger partial charge in [-0.15, -0.1) is 0 Å². The van der Waals surface area contributed by atoms with Crippen LogP contribution in [0.25, 0.3) is 0 Å². The molecule has 2 rings (SSSR count). The molecule has 1 aliphatic carbocycles. The lowest BCUT2D eigenvalue weighted by molar-refractivity contribution is 0.101. The Morgan fingerprint density at radius 3 is 2.80 bits per heavy atom.